The molecule has 8 nitrogen and oxygen atoms in total. The molecule has 0 amide bonds. The summed E-state index contributed by atoms with van der Waals surface area (Å²) in [6, 6.07) is 0.231. The summed E-state index contributed by atoms with van der Waals surface area (Å²) >= 11 is 0. The maximum Gasteiger partial charge on any atom is 0.346 e. The SMILES string of the molecule is COCCn1nc(C2CCCN(S(=O)(=O)C3CC3)C2)n(C2CC2)c1=O. The lowest BCUT2D eigenvalue weighted by Gasteiger charge is -2.31. The van der Waals surface area contributed by atoms with E-state index in [1.165, 1.54) is 4.68 Å². The fourth-order valence-electron chi connectivity index (χ4n) is 3.68. The lowest BCUT2D eigenvalue weighted by molar-refractivity contribution is 0.182. The standard InChI is InChI=1S/C16H26N4O4S/c1-24-10-9-19-16(21)20(13-4-5-13)15(17-19)12-3-2-8-18(11-12)25(22,23)14-6-7-14/h12-14H,2-11H2,1H3. The second-order valence-corrected chi connectivity index (χ2v) is 9.61. The number of methoxy groups -OCH3 is 1. The van der Waals surface area contributed by atoms with E-state index < -0.39 is 10.0 Å². The summed E-state index contributed by atoms with van der Waals surface area (Å²) in [7, 11) is -1.57. The monoisotopic (exact) mass is 370 g/mol. The van der Waals surface area contributed by atoms with Crippen molar-refractivity contribution in [3.05, 3.63) is 16.3 Å². The molecule has 0 N–H and O–H groups in total. The molecule has 1 aromatic rings. The van der Waals surface area contributed by atoms with Crippen LogP contribution < -0.4 is 5.69 Å². The molecule has 4 rings (SSSR count). The van der Waals surface area contributed by atoms with Crippen molar-refractivity contribution >= 4 is 10.0 Å². The van der Waals surface area contributed by atoms with Crippen LogP contribution in [-0.4, -0.2) is 59.1 Å². The van der Waals surface area contributed by atoms with Crippen molar-refractivity contribution in [3.63, 3.8) is 0 Å². The predicted octanol–water partition coefficient (Wildman–Crippen LogP) is 0.698. The first-order valence-corrected chi connectivity index (χ1v) is 10.7. The number of piperidine rings is 1. The highest BCUT2D eigenvalue weighted by atomic mass is 32.2. The van der Waals surface area contributed by atoms with E-state index in [-0.39, 0.29) is 22.9 Å². The van der Waals surface area contributed by atoms with Crippen molar-refractivity contribution in [2.75, 3.05) is 26.8 Å². The molecule has 2 saturated carbocycles. The van der Waals surface area contributed by atoms with Gasteiger partial charge in [-0.15, -0.1) is 0 Å². The smallest absolute Gasteiger partial charge is 0.346 e. The molecule has 1 saturated heterocycles. The zero-order valence-corrected chi connectivity index (χ0v) is 15.4. The molecule has 1 aromatic heterocycles. The number of hydrogen-bond donors (Lipinski definition) is 0. The van der Waals surface area contributed by atoms with Crippen molar-refractivity contribution in [1.82, 2.24) is 18.7 Å². The quantitative estimate of drug-likeness (QED) is 0.705. The molecule has 2 heterocycles. The van der Waals surface area contributed by atoms with Gasteiger partial charge in [-0.3, -0.25) is 4.57 Å². The highest BCUT2D eigenvalue weighted by molar-refractivity contribution is 7.90. The molecule has 1 unspecified atom stereocenters. The van der Waals surface area contributed by atoms with Crippen LogP contribution in [0.3, 0.4) is 0 Å². The van der Waals surface area contributed by atoms with Crippen LogP contribution in [0.5, 0.6) is 0 Å². The number of ether oxygens (including phenoxy) is 1. The molecular formula is C16H26N4O4S. The van der Waals surface area contributed by atoms with Gasteiger partial charge in [0.25, 0.3) is 0 Å². The van der Waals surface area contributed by atoms with Crippen LogP contribution in [0, 0.1) is 0 Å². The minimum Gasteiger partial charge on any atom is -0.383 e. The Morgan fingerprint density at radius 3 is 2.60 bits per heavy atom. The van der Waals surface area contributed by atoms with Gasteiger partial charge in [0.2, 0.25) is 10.0 Å². The summed E-state index contributed by atoms with van der Waals surface area (Å²) in [5.41, 5.74) is -0.0864. The molecule has 9 heteroatoms. The average Bonchev–Trinajstić information content (AvgIpc) is 3.51. The largest absolute Gasteiger partial charge is 0.383 e. The Bertz CT molecular complexity index is 792. The van der Waals surface area contributed by atoms with Crippen molar-refractivity contribution < 1.29 is 13.2 Å². The van der Waals surface area contributed by atoms with E-state index in [1.54, 1.807) is 11.4 Å². The van der Waals surface area contributed by atoms with Crippen LogP contribution >= 0.6 is 0 Å². The van der Waals surface area contributed by atoms with E-state index in [4.69, 9.17) is 4.74 Å². The first-order valence-electron chi connectivity index (χ1n) is 9.19. The number of sulfonamides is 1. The molecule has 3 aliphatic rings. The minimum absolute atomic E-state index is 0.000583. The number of hydrogen-bond acceptors (Lipinski definition) is 5. The predicted molar refractivity (Wildman–Crippen MR) is 92.1 cm³/mol. The van der Waals surface area contributed by atoms with E-state index in [9.17, 15) is 13.2 Å². The molecule has 0 radical (unpaired) electrons. The zero-order chi connectivity index (χ0) is 17.6. The zero-order valence-electron chi connectivity index (χ0n) is 14.6. The second kappa shape index (κ2) is 6.51. The molecule has 0 bridgehead atoms. The Kier molecular flexibility index (Phi) is 4.49. The van der Waals surface area contributed by atoms with Gasteiger partial charge in [0, 0.05) is 32.2 Å². The molecule has 1 aliphatic heterocycles. The molecule has 140 valence electrons. The summed E-state index contributed by atoms with van der Waals surface area (Å²) in [4.78, 5) is 12.7. The van der Waals surface area contributed by atoms with Crippen molar-refractivity contribution in [2.45, 2.75) is 62.3 Å². The highest BCUT2D eigenvalue weighted by Crippen LogP contribution is 2.39. The van der Waals surface area contributed by atoms with Gasteiger partial charge >= 0.3 is 5.69 Å². The fourth-order valence-corrected chi connectivity index (χ4v) is 5.60. The Labute approximate surface area is 147 Å². The minimum atomic E-state index is -3.17. The third kappa shape index (κ3) is 3.29. The Hall–Kier alpha value is -1.19. The molecule has 0 aromatic carbocycles. The van der Waals surface area contributed by atoms with E-state index in [1.807, 2.05) is 4.57 Å². The number of rotatable bonds is 7. The normalized spacial score (nSPS) is 25.4. The molecule has 1 atom stereocenters. The maximum absolute atomic E-state index is 12.7. The Morgan fingerprint density at radius 2 is 1.96 bits per heavy atom. The van der Waals surface area contributed by atoms with E-state index in [0.717, 1.165) is 44.3 Å². The summed E-state index contributed by atoms with van der Waals surface area (Å²) in [6.45, 7) is 1.91. The van der Waals surface area contributed by atoms with E-state index >= 15 is 0 Å². The molecule has 3 fully saturated rings. The average molecular weight is 370 g/mol. The van der Waals surface area contributed by atoms with Crippen LogP contribution in [-0.2, 0) is 21.3 Å². The number of nitrogens with zero attached hydrogens (tertiary/aromatic N) is 4. The van der Waals surface area contributed by atoms with Crippen LogP contribution in [0.15, 0.2) is 4.79 Å². The third-order valence-corrected chi connectivity index (χ3v) is 7.74. The fraction of sp³-hybridized carbons (Fsp3) is 0.875. The van der Waals surface area contributed by atoms with Gasteiger partial charge < -0.3 is 4.74 Å². The van der Waals surface area contributed by atoms with Gasteiger partial charge in [-0.25, -0.2) is 22.2 Å². The highest BCUT2D eigenvalue weighted by Gasteiger charge is 2.43. The Balaban J connectivity index is 1.61. The van der Waals surface area contributed by atoms with Gasteiger partial charge in [-0.1, -0.05) is 0 Å². The summed E-state index contributed by atoms with van der Waals surface area (Å²) in [6.07, 6.45) is 5.26. The van der Waals surface area contributed by atoms with Gasteiger partial charge in [0.05, 0.1) is 18.4 Å². The number of aromatic nitrogens is 3. The first-order chi connectivity index (χ1) is 12.0. The lowest BCUT2D eigenvalue weighted by Crippen LogP contribution is -2.41. The molecule has 0 spiro atoms. The van der Waals surface area contributed by atoms with Gasteiger partial charge in [-0.05, 0) is 38.5 Å². The van der Waals surface area contributed by atoms with Crippen molar-refractivity contribution in [3.8, 4) is 0 Å². The maximum atomic E-state index is 12.7. The van der Waals surface area contributed by atoms with Crippen LogP contribution in [0.25, 0.3) is 0 Å². The lowest BCUT2D eigenvalue weighted by atomic mass is 9.99. The molecule has 2 aliphatic carbocycles. The second-order valence-electron chi connectivity index (χ2n) is 7.40. The van der Waals surface area contributed by atoms with E-state index in [2.05, 4.69) is 5.10 Å². The van der Waals surface area contributed by atoms with E-state index in [0.29, 0.717) is 26.2 Å². The first kappa shape index (κ1) is 17.2. The van der Waals surface area contributed by atoms with Gasteiger partial charge in [0.15, 0.2) is 0 Å². The summed E-state index contributed by atoms with van der Waals surface area (Å²) in [5.74, 6) is 0.763. The van der Waals surface area contributed by atoms with Crippen molar-refractivity contribution in [1.29, 1.82) is 0 Å². The van der Waals surface area contributed by atoms with Crippen LogP contribution in [0.1, 0.15) is 56.3 Å². The Morgan fingerprint density at radius 1 is 1.20 bits per heavy atom. The summed E-state index contributed by atoms with van der Waals surface area (Å²) in [5, 5.41) is 4.39. The topological polar surface area (TPSA) is 86.4 Å². The van der Waals surface area contributed by atoms with Gasteiger partial charge in [0.1, 0.15) is 5.82 Å². The van der Waals surface area contributed by atoms with Gasteiger partial charge in [-0.2, -0.15) is 5.10 Å². The summed E-state index contributed by atoms with van der Waals surface area (Å²) < 4.78 is 35.2. The van der Waals surface area contributed by atoms with Crippen molar-refractivity contribution in [2.24, 2.45) is 0 Å². The third-order valence-electron chi connectivity index (χ3n) is 5.37. The van der Waals surface area contributed by atoms with Crippen LogP contribution in [0.4, 0.5) is 0 Å². The van der Waals surface area contributed by atoms with Crippen LogP contribution in [0.2, 0.25) is 0 Å². The molecular weight excluding hydrogens is 344 g/mol. The molecule has 25 heavy (non-hydrogen) atoms.